The predicted molar refractivity (Wildman–Crippen MR) is 126 cm³/mol. The fraction of sp³-hybridized carbons (Fsp3) is 0.476. The first-order chi connectivity index (χ1) is 14.5. The highest BCUT2D eigenvalue weighted by molar-refractivity contribution is 7.56. The number of carbonyl (C=O) groups excluding carboxylic acids is 2. The van der Waals surface area contributed by atoms with E-state index in [4.69, 9.17) is 14.2 Å². The summed E-state index contributed by atoms with van der Waals surface area (Å²) in [4.78, 5) is 25.9. The molecule has 0 N–H and O–H groups in total. The van der Waals surface area contributed by atoms with E-state index in [2.05, 4.69) is 39.3 Å². The van der Waals surface area contributed by atoms with Crippen LogP contribution >= 0.6 is 7.69 Å². The lowest BCUT2D eigenvalue weighted by atomic mass is 10.0. The highest BCUT2D eigenvalue weighted by atomic mass is 31.1. The van der Waals surface area contributed by atoms with Crippen LogP contribution in [-0.2, 0) is 15.7 Å². The van der Waals surface area contributed by atoms with Crippen LogP contribution in [0, 0.1) is 0 Å². The molecule has 11 heteroatoms. The van der Waals surface area contributed by atoms with Gasteiger partial charge in [-0.3, -0.25) is 0 Å². The monoisotopic (exact) mass is 503 g/mol. The van der Waals surface area contributed by atoms with Crippen LogP contribution in [0.1, 0.15) is 30.9 Å². The molecule has 1 atom stereocenters. The predicted octanol–water partition coefficient (Wildman–Crippen LogP) is 6.62. The normalized spacial score (nSPS) is 13.3. The first-order valence-electron chi connectivity index (χ1n) is 10.0. The summed E-state index contributed by atoms with van der Waals surface area (Å²) in [6.45, 7) is 13.2. The van der Waals surface area contributed by atoms with Crippen LogP contribution < -0.4 is 0 Å². The molecule has 0 aliphatic rings. The van der Waals surface area contributed by atoms with Gasteiger partial charge in [-0.25, -0.2) is 14.3 Å². The number of ether oxygens (including phenoxy) is 2. The number of nitrogens with zero attached hydrogens (tertiary/aromatic N) is 1. The zero-order valence-corrected chi connectivity index (χ0v) is 22.4. The first-order valence-corrected chi connectivity index (χ1v) is 18.5. The average Bonchev–Trinajstić information content (AvgIpc) is 3.03. The third-order valence-corrected chi connectivity index (χ3v) is 21.4. The quantitative estimate of drug-likeness (QED) is 0.327. The Hall–Kier alpha value is -1.91. The van der Waals surface area contributed by atoms with E-state index < -0.39 is 47.5 Å². The van der Waals surface area contributed by atoms with Crippen molar-refractivity contribution in [1.29, 1.82) is 0 Å². The number of carbonyl (C=O) groups is 2. The first kappa shape index (κ1) is 26.3. The minimum absolute atomic E-state index is 0.00767. The van der Waals surface area contributed by atoms with Crippen LogP contribution in [0.3, 0.4) is 0 Å². The summed E-state index contributed by atoms with van der Waals surface area (Å²) in [5, 5.41) is 0.194. The van der Waals surface area contributed by atoms with Gasteiger partial charge in [0.25, 0.3) is 0 Å². The maximum Gasteiger partial charge on any atom is 0.416 e. The molecule has 32 heavy (non-hydrogen) atoms. The Balaban J connectivity index is 2.92. The number of alkyl halides is 3. The largest absolute Gasteiger partial charge is 0.465 e. The molecule has 1 aromatic carbocycles. The van der Waals surface area contributed by atoms with Gasteiger partial charge in [-0.05, 0) is 19.8 Å². The van der Waals surface area contributed by atoms with E-state index >= 15 is 0 Å². The highest BCUT2D eigenvalue weighted by Gasteiger charge is 2.44. The fourth-order valence-electron chi connectivity index (χ4n) is 4.26. The number of hydrogen-bond acceptors (Lipinski definition) is 5. The van der Waals surface area contributed by atoms with Crippen LogP contribution in [0.4, 0.5) is 13.2 Å². The van der Waals surface area contributed by atoms with Gasteiger partial charge < -0.3 is 9.47 Å². The molecule has 0 aliphatic heterocycles. The number of halogens is 3. The van der Waals surface area contributed by atoms with Crippen molar-refractivity contribution in [1.82, 2.24) is 4.75 Å². The van der Waals surface area contributed by atoms with Crippen molar-refractivity contribution in [3.63, 3.8) is 0 Å². The highest BCUT2D eigenvalue weighted by Crippen LogP contribution is 2.55. The van der Waals surface area contributed by atoms with E-state index in [9.17, 15) is 22.8 Å². The van der Waals surface area contributed by atoms with Crippen LogP contribution in [0.15, 0.2) is 24.3 Å². The van der Waals surface area contributed by atoms with Crippen LogP contribution in [0.2, 0.25) is 39.3 Å². The van der Waals surface area contributed by atoms with E-state index in [-0.39, 0.29) is 21.5 Å². The molecule has 1 unspecified atom stereocenters. The summed E-state index contributed by atoms with van der Waals surface area (Å²) in [5.74, 6) is -1.40. The zero-order valence-electron chi connectivity index (χ0n) is 19.5. The summed E-state index contributed by atoms with van der Waals surface area (Å²) in [5.41, 5.74) is -0.291. The molecule has 176 valence electrons. The van der Waals surface area contributed by atoms with Crippen LogP contribution in [0.5, 0.6) is 0 Å². The van der Waals surface area contributed by atoms with Crippen molar-refractivity contribution in [2.75, 3.05) is 14.2 Å². The second-order valence-corrected chi connectivity index (χ2v) is 23.7. The topological polar surface area (TPSA) is 65.5 Å². The van der Waals surface area contributed by atoms with Crippen molar-refractivity contribution in [2.24, 2.45) is 0 Å². The Labute approximate surface area is 189 Å². The molecule has 0 spiro atoms. The summed E-state index contributed by atoms with van der Waals surface area (Å²) < 4.78 is 54.0. The molecule has 0 bridgehead atoms. The summed E-state index contributed by atoms with van der Waals surface area (Å²) in [7, 11) is -2.80. The van der Waals surface area contributed by atoms with Gasteiger partial charge in [0.05, 0.1) is 41.6 Å². The van der Waals surface area contributed by atoms with E-state index in [1.54, 1.807) is 0 Å². The number of benzene rings is 1. The van der Waals surface area contributed by atoms with Gasteiger partial charge in [-0.1, -0.05) is 51.4 Å². The van der Waals surface area contributed by atoms with Crippen molar-refractivity contribution in [3.8, 4) is 11.3 Å². The number of hydrogen-bond donors (Lipinski definition) is 0. The van der Waals surface area contributed by atoms with Crippen molar-refractivity contribution >= 4 is 35.8 Å². The maximum absolute atomic E-state index is 13.0. The Kier molecular flexibility index (Phi) is 7.53. The Bertz CT molecular complexity index is 992. The molecule has 2 aromatic rings. The molecule has 1 aromatic heterocycles. The second-order valence-electron chi connectivity index (χ2n) is 9.71. The number of methoxy groups -OCH3 is 2. The van der Waals surface area contributed by atoms with E-state index in [0.717, 1.165) is 12.1 Å². The molecule has 0 fully saturated rings. The molecule has 5 nitrogen and oxygen atoms in total. The van der Waals surface area contributed by atoms with Crippen molar-refractivity contribution < 1.29 is 32.2 Å². The zero-order chi connectivity index (χ0) is 24.6. The molecule has 0 amide bonds. The standard InChI is InChI=1S/C21H29F3NO4PSi2/c1-28-18(26)15-16(13-9-11-14(12-10-13)21(22,23)24)25-30(17(15)19(27)29-2)20(31(3,4)5)32(6,7)8/h9-12,20H,1-8H3. The number of aromatic nitrogens is 1. The number of rotatable bonds is 6. The van der Waals surface area contributed by atoms with Gasteiger partial charge >= 0.3 is 18.1 Å². The van der Waals surface area contributed by atoms with Gasteiger partial charge in [-0.15, -0.1) is 0 Å². The minimum Gasteiger partial charge on any atom is -0.465 e. The van der Waals surface area contributed by atoms with Gasteiger partial charge in [0.1, 0.15) is 10.9 Å². The number of esters is 2. The smallest absolute Gasteiger partial charge is 0.416 e. The van der Waals surface area contributed by atoms with Crippen molar-refractivity contribution in [3.05, 3.63) is 40.7 Å². The lowest BCUT2D eigenvalue weighted by molar-refractivity contribution is -0.137. The Morgan fingerprint density at radius 2 is 1.38 bits per heavy atom. The van der Waals surface area contributed by atoms with Gasteiger partial charge in [0.2, 0.25) is 0 Å². The van der Waals surface area contributed by atoms with Crippen molar-refractivity contribution in [2.45, 2.75) is 50.4 Å². The molecule has 0 saturated heterocycles. The van der Waals surface area contributed by atoms with Crippen LogP contribution in [0.25, 0.3) is 11.3 Å². The molecular formula is C21H29F3NO4PSi2. The SMILES string of the molecule is COC(=O)c1c(-c2ccc(C(F)(F)F)cc2)np(C([Si](C)(C)C)[Si](C)(C)C)c1C(=O)OC. The lowest BCUT2D eigenvalue weighted by Gasteiger charge is -2.38. The molecular weight excluding hydrogens is 474 g/mol. The Morgan fingerprint density at radius 3 is 1.75 bits per heavy atom. The average molecular weight is 504 g/mol. The van der Waals surface area contributed by atoms with Gasteiger partial charge in [-0.2, -0.15) is 13.2 Å². The van der Waals surface area contributed by atoms with Crippen LogP contribution in [-0.4, -0.2) is 47.1 Å². The second kappa shape index (κ2) is 9.15. The summed E-state index contributed by atoms with van der Waals surface area (Å²) in [6, 6.07) is 4.44. The van der Waals surface area contributed by atoms with Gasteiger partial charge in [0.15, 0.2) is 0 Å². The molecule has 0 aliphatic carbocycles. The molecule has 0 radical (unpaired) electrons. The third-order valence-electron chi connectivity index (χ3n) is 5.05. The molecule has 2 rings (SSSR count). The molecule has 0 saturated carbocycles. The summed E-state index contributed by atoms with van der Waals surface area (Å²) >= 11 is 0. The summed E-state index contributed by atoms with van der Waals surface area (Å²) in [6.07, 6.45) is -4.48. The molecule has 1 heterocycles. The third kappa shape index (κ3) is 5.35. The minimum atomic E-state index is -4.48. The fourth-order valence-corrected chi connectivity index (χ4v) is 23.3. The van der Waals surface area contributed by atoms with Gasteiger partial charge in [0, 0.05) is 10.5 Å². The maximum atomic E-state index is 13.0. The van der Waals surface area contributed by atoms with E-state index in [1.165, 1.54) is 26.4 Å². The van der Waals surface area contributed by atoms with E-state index in [1.807, 2.05) is 0 Å². The van der Waals surface area contributed by atoms with E-state index in [0.29, 0.717) is 5.56 Å². The Morgan fingerprint density at radius 1 is 0.906 bits per heavy atom. The lowest BCUT2D eigenvalue weighted by Crippen LogP contribution is -2.44.